The van der Waals surface area contributed by atoms with Gasteiger partial charge < -0.3 is 10.5 Å². The van der Waals surface area contributed by atoms with Crippen molar-refractivity contribution >= 4 is 11.8 Å². The SMILES string of the molecule is NC(=O)C1COC(c2ccccc2)=N1. The van der Waals surface area contributed by atoms with Gasteiger partial charge in [-0.2, -0.15) is 0 Å². The number of ether oxygens (including phenoxy) is 1. The molecule has 72 valence electrons. The lowest BCUT2D eigenvalue weighted by Gasteiger charge is -1.99. The highest BCUT2D eigenvalue weighted by molar-refractivity contribution is 5.98. The number of carbonyl (C=O) groups excluding carboxylic acids is 1. The summed E-state index contributed by atoms with van der Waals surface area (Å²) in [5.74, 6) is 0.0466. The van der Waals surface area contributed by atoms with Crippen molar-refractivity contribution in [2.45, 2.75) is 6.04 Å². The number of rotatable bonds is 2. The molecule has 0 saturated carbocycles. The zero-order valence-corrected chi connectivity index (χ0v) is 7.51. The van der Waals surface area contributed by atoms with Crippen molar-refractivity contribution in [3.8, 4) is 0 Å². The molecule has 0 fully saturated rings. The van der Waals surface area contributed by atoms with E-state index in [9.17, 15) is 4.79 Å². The number of amides is 1. The van der Waals surface area contributed by atoms with E-state index in [1.54, 1.807) is 0 Å². The second kappa shape index (κ2) is 3.49. The van der Waals surface area contributed by atoms with Crippen molar-refractivity contribution in [1.29, 1.82) is 0 Å². The lowest BCUT2D eigenvalue weighted by atomic mass is 10.2. The van der Waals surface area contributed by atoms with Crippen LogP contribution in [0.15, 0.2) is 35.3 Å². The van der Waals surface area contributed by atoms with Crippen molar-refractivity contribution in [1.82, 2.24) is 0 Å². The van der Waals surface area contributed by atoms with Crippen molar-refractivity contribution in [3.63, 3.8) is 0 Å². The molecule has 0 aliphatic carbocycles. The molecule has 14 heavy (non-hydrogen) atoms. The fourth-order valence-corrected chi connectivity index (χ4v) is 1.26. The van der Waals surface area contributed by atoms with Gasteiger partial charge in [0.05, 0.1) is 0 Å². The normalized spacial score (nSPS) is 20.0. The molecule has 0 spiro atoms. The minimum Gasteiger partial charge on any atom is -0.475 e. The number of hydrogen-bond acceptors (Lipinski definition) is 3. The molecule has 0 radical (unpaired) electrons. The molecule has 2 rings (SSSR count). The minimum absolute atomic E-state index is 0.250. The van der Waals surface area contributed by atoms with Gasteiger partial charge in [0.15, 0.2) is 6.04 Å². The van der Waals surface area contributed by atoms with Crippen molar-refractivity contribution in [2.24, 2.45) is 10.7 Å². The number of carbonyl (C=O) groups is 1. The van der Waals surface area contributed by atoms with E-state index >= 15 is 0 Å². The summed E-state index contributed by atoms with van der Waals surface area (Å²) in [6.07, 6.45) is 0. The molecule has 4 nitrogen and oxygen atoms in total. The first-order valence-corrected chi connectivity index (χ1v) is 4.33. The Balaban J connectivity index is 2.22. The summed E-state index contributed by atoms with van der Waals surface area (Å²) >= 11 is 0. The smallest absolute Gasteiger partial charge is 0.245 e. The largest absolute Gasteiger partial charge is 0.475 e. The minimum atomic E-state index is -0.537. The number of benzene rings is 1. The Hall–Kier alpha value is -1.84. The maximum Gasteiger partial charge on any atom is 0.245 e. The molecule has 1 aliphatic rings. The van der Waals surface area contributed by atoms with Gasteiger partial charge in [-0.05, 0) is 12.1 Å². The van der Waals surface area contributed by atoms with Crippen LogP contribution < -0.4 is 5.73 Å². The van der Waals surface area contributed by atoms with Crippen LogP contribution in [0.2, 0.25) is 0 Å². The molecule has 1 aromatic rings. The maximum atomic E-state index is 10.8. The zero-order valence-electron chi connectivity index (χ0n) is 7.51. The molecule has 0 bridgehead atoms. The van der Waals surface area contributed by atoms with E-state index in [1.807, 2.05) is 30.3 Å². The lowest BCUT2D eigenvalue weighted by molar-refractivity contribution is -0.119. The second-order valence-electron chi connectivity index (χ2n) is 3.03. The van der Waals surface area contributed by atoms with Crippen LogP contribution in [0.3, 0.4) is 0 Å². The third kappa shape index (κ3) is 1.59. The number of nitrogens with two attached hydrogens (primary N) is 1. The van der Waals surface area contributed by atoms with Gasteiger partial charge in [-0.3, -0.25) is 4.79 Å². The zero-order chi connectivity index (χ0) is 9.97. The van der Waals surface area contributed by atoms with Crippen LogP contribution in [0.5, 0.6) is 0 Å². The molecule has 1 aromatic carbocycles. The van der Waals surface area contributed by atoms with Crippen LogP contribution in [0.25, 0.3) is 0 Å². The molecular formula is C10H10N2O2. The highest BCUT2D eigenvalue weighted by atomic mass is 16.5. The van der Waals surface area contributed by atoms with Gasteiger partial charge in [-0.15, -0.1) is 0 Å². The van der Waals surface area contributed by atoms with E-state index in [1.165, 1.54) is 0 Å². The second-order valence-corrected chi connectivity index (χ2v) is 3.03. The van der Waals surface area contributed by atoms with Crippen LogP contribution in [-0.2, 0) is 9.53 Å². The highest BCUT2D eigenvalue weighted by Gasteiger charge is 2.23. The molecule has 4 heteroatoms. The summed E-state index contributed by atoms with van der Waals surface area (Å²) in [7, 11) is 0. The van der Waals surface area contributed by atoms with Crippen LogP contribution in [0.1, 0.15) is 5.56 Å². The monoisotopic (exact) mass is 190 g/mol. The highest BCUT2D eigenvalue weighted by Crippen LogP contribution is 2.11. The van der Waals surface area contributed by atoms with Gasteiger partial charge in [-0.25, -0.2) is 4.99 Å². The van der Waals surface area contributed by atoms with E-state index in [0.717, 1.165) is 5.56 Å². The van der Waals surface area contributed by atoms with Gasteiger partial charge in [0, 0.05) is 5.56 Å². The molecule has 0 saturated heterocycles. The summed E-state index contributed by atoms with van der Waals surface area (Å²) in [4.78, 5) is 14.9. The average Bonchev–Trinajstić information content (AvgIpc) is 2.68. The number of primary amides is 1. The summed E-state index contributed by atoms with van der Waals surface area (Å²) in [5, 5.41) is 0. The van der Waals surface area contributed by atoms with Crippen molar-refractivity contribution in [2.75, 3.05) is 6.61 Å². The Labute approximate surface area is 81.4 Å². The molecular weight excluding hydrogens is 180 g/mol. The number of aliphatic imine (C=N–C) groups is 1. The van der Waals surface area contributed by atoms with E-state index < -0.39 is 11.9 Å². The van der Waals surface area contributed by atoms with E-state index in [4.69, 9.17) is 10.5 Å². The fourth-order valence-electron chi connectivity index (χ4n) is 1.26. The van der Waals surface area contributed by atoms with Crippen LogP contribution in [0.4, 0.5) is 0 Å². The van der Waals surface area contributed by atoms with Crippen molar-refractivity contribution in [3.05, 3.63) is 35.9 Å². The molecule has 1 aliphatic heterocycles. The Morgan fingerprint density at radius 3 is 2.71 bits per heavy atom. The molecule has 1 amide bonds. The van der Waals surface area contributed by atoms with E-state index in [-0.39, 0.29) is 6.61 Å². The molecule has 1 heterocycles. The van der Waals surface area contributed by atoms with Gasteiger partial charge in [0.1, 0.15) is 6.61 Å². The molecule has 0 aromatic heterocycles. The predicted octanol–water partition coefficient (Wildman–Crippen LogP) is 0.317. The summed E-state index contributed by atoms with van der Waals surface area (Å²) < 4.78 is 5.26. The van der Waals surface area contributed by atoms with Crippen molar-refractivity contribution < 1.29 is 9.53 Å². The fraction of sp³-hybridized carbons (Fsp3) is 0.200. The van der Waals surface area contributed by atoms with Gasteiger partial charge in [0.25, 0.3) is 0 Å². The van der Waals surface area contributed by atoms with Crippen LogP contribution in [0, 0.1) is 0 Å². The Morgan fingerprint density at radius 2 is 2.14 bits per heavy atom. The Kier molecular flexibility index (Phi) is 2.18. The first-order chi connectivity index (χ1) is 6.77. The summed E-state index contributed by atoms with van der Waals surface area (Å²) in [6, 6.07) is 8.90. The van der Waals surface area contributed by atoms with Crippen LogP contribution in [-0.4, -0.2) is 24.5 Å². The molecule has 1 unspecified atom stereocenters. The van der Waals surface area contributed by atoms with Gasteiger partial charge in [-0.1, -0.05) is 18.2 Å². The Bertz CT molecular complexity index is 373. The topological polar surface area (TPSA) is 64.7 Å². The first-order valence-electron chi connectivity index (χ1n) is 4.33. The predicted molar refractivity (Wildman–Crippen MR) is 51.9 cm³/mol. The summed E-state index contributed by atoms with van der Waals surface area (Å²) in [5.41, 5.74) is 5.98. The van der Waals surface area contributed by atoms with E-state index in [2.05, 4.69) is 4.99 Å². The standard InChI is InChI=1S/C10H10N2O2/c11-9(13)8-6-14-10(12-8)7-4-2-1-3-5-7/h1-5,8H,6H2,(H2,11,13). The Morgan fingerprint density at radius 1 is 1.43 bits per heavy atom. The molecule has 1 atom stereocenters. The van der Waals surface area contributed by atoms with Crippen LogP contribution >= 0.6 is 0 Å². The van der Waals surface area contributed by atoms with Gasteiger partial charge in [0.2, 0.25) is 11.8 Å². The first kappa shape index (κ1) is 8.74. The third-order valence-corrected chi connectivity index (χ3v) is 2.00. The average molecular weight is 190 g/mol. The number of hydrogen-bond donors (Lipinski definition) is 1. The quantitative estimate of drug-likeness (QED) is 0.729. The third-order valence-electron chi connectivity index (χ3n) is 2.00. The van der Waals surface area contributed by atoms with Gasteiger partial charge >= 0.3 is 0 Å². The number of nitrogens with zero attached hydrogens (tertiary/aromatic N) is 1. The molecule has 2 N–H and O–H groups in total. The lowest BCUT2D eigenvalue weighted by Crippen LogP contribution is -2.27. The van der Waals surface area contributed by atoms with E-state index in [0.29, 0.717) is 5.90 Å². The maximum absolute atomic E-state index is 10.8. The summed E-state index contributed by atoms with van der Waals surface area (Å²) in [6.45, 7) is 0.250.